The van der Waals surface area contributed by atoms with Crippen molar-refractivity contribution in [2.75, 3.05) is 0 Å². The van der Waals surface area contributed by atoms with Gasteiger partial charge in [-0.3, -0.25) is 0 Å². The van der Waals surface area contributed by atoms with E-state index in [-0.39, 0.29) is 4.90 Å². The second-order valence-corrected chi connectivity index (χ2v) is 7.31. The number of nitrogens with one attached hydrogen (secondary N) is 1. The predicted molar refractivity (Wildman–Crippen MR) is 87.3 cm³/mol. The lowest BCUT2D eigenvalue weighted by molar-refractivity contribution is 0.513. The van der Waals surface area contributed by atoms with Crippen molar-refractivity contribution in [1.82, 2.24) is 4.72 Å². The van der Waals surface area contributed by atoms with Crippen LogP contribution in [-0.4, -0.2) is 14.5 Å². The topological polar surface area (TPSA) is 94.9 Å². The van der Waals surface area contributed by atoms with Crippen molar-refractivity contribution in [2.24, 2.45) is 5.11 Å². The molecule has 0 spiro atoms. The molecule has 0 aromatic heterocycles. The van der Waals surface area contributed by atoms with Gasteiger partial charge in [-0.15, -0.1) is 0 Å². The van der Waals surface area contributed by atoms with Crippen LogP contribution in [0, 0.1) is 6.92 Å². The number of rotatable bonds is 4. The molecule has 3 rings (SSSR count). The number of sulfonamides is 1. The minimum Gasteiger partial charge on any atom is -0.207 e. The van der Waals surface area contributed by atoms with Crippen molar-refractivity contribution in [1.29, 1.82) is 0 Å². The standard InChI is InChI=1S/C16H16N4O2S/c1-11-6-8-13(9-7-11)23(21,22)19-15-10-12-4-2-3-5-14(12)16(15)18-20-17/h2-9,15-16,19H,10H2,1H3. The predicted octanol–water partition coefficient (Wildman–Crippen LogP) is 3.25. The van der Waals surface area contributed by atoms with Gasteiger partial charge in [0, 0.05) is 11.0 Å². The molecule has 0 heterocycles. The van der Waals surface area contributed by atoms with Crippen LogP contribution in [0.2, 0.25) is 0 Å². The molecule has 0 amide bonds. The number of hydrogen-bond acceptors (Lipinski definition) is 3. The molecule has 0 aliphatic heterocycles. The quantitative estimate of drug-likeness (QED) is 0.530. The summed E-state index contributed by atoms with van der Waals surface area (Å²) in [6, 6.07) is 13.2. The number of aryl methyl sites for hydroxylation is 1. The van der Waals surface area contributed by atoms with Crippen LogP contribution < -0.4 is 4.72 Å². The number of nitrogens with zero attached hydrogens (tertiary/aromatic N) is 3. The maximum absolute atomic E-state index is 12.6. The molecule has 2 aromatic carbocycles. The van der Waals surface area contributed by atoms with Gasteiger partial charge in [0.15, 0.2) is 0 Å². The molecule has 1 aliphatic rings. The van der Waals surface area contributed by atoms with Crippen LogP contribution in [0.1, 0.15) is 22.7 Å². The molecule has 7 heteroatoms. The fourth-order valence-corrected chi connectivity index (χ4v) is 4.10. The van der Waals surface area contributed by atoms with Crippen LogP contribution in [0.25, 0.3) is 10.4 Å². The Labute approximate surface area is 134 Å². The molecule has 6 nitrogen and oxygen atoms in total. The number of benzene rings is 2. The van der Waals surface area contributed by atoms with Crippen molar-refractivity contribution < 1.29 is 8.42 Å². The lowest BCUT2D eigenvalue weighted by Crippen LogP contribution is -2.37. The summed E-state index contributed by atoms with van der Waals surface area (Å²) in [5.41, 5.74) is 11.7. The monoisotopic (exact) mass is 328 g/mol. The SMILES string of the molecule is Cc1ccc(S(=O)(=O)NC2Cc3ccccc3C2N=[N+]=[N-])cc1. The fourth-order valence-electron chi connectivity index (χ4n) is 2.86. The summed E-state index contributed by atoms with van der Waals surface area (Å²) in [7, 11) is -3.66. The van der Waals surface area contributed by atoms with E-state index in [9.17, 15) is 8.42 Å². The third-order valence-electron chi connectivity index (χ3n) is 4.01. The van der Waals surface area contributed by atoms with Gasteiger partial charge in [-0.25, -0.2) is 13.1 Å². The molecule has 0 bridgehead atoms. The van der Waals surface area contributed by atoms with Crippen LogP contribution in [0.4, 0.5) is 0 Å². The zero-order valence-corrected chi connectivity index (χ0v) is 13.4. The summed E-state index contributed by atoms with van der Waals surface area (Å²) in [5, 5.41) is 3.79. The molecule has 0 fully saturated rings. The van der Waals surface area contributed by atoms with Gasteiger partial charge in [-0.2, -0.15) is 0 Å². The van der Waals surface area contributed by atoms with Crippen molar-refractivity contribution in [3.8, 4) is 0 Å². The lowest BCUT2D eigenvalue weighted by Gasteiger charge is -2.17. The Morgan fingerprint density at radius 1 is 1.17 bits per heavy atom. The maximum atomic E-state index is 12.6. The van der Waals surface area contributed by atoms with Crippen molar-refractivity contribution in [3.05, 3.63) is 75.7 Å². The van der Waals surface area contributed by atoms with Gasteiger partial charge in [0.1, 0.15) is 0 Å². The van der Waals surface area contributed by atoms with Crippen molar-refractivity contribution >= 4 is 10.0 Å². The van der Waals surface area contributed by atoms with Gasteiger partial charge in [-0.05, 0) is 42.1 Å². The highest BCUT2D eigenvalue weighted by Crippen LogP contribution is 2.35. The van der Waals surface area contributed by atoms with E-state index in [1.165, 1.54) is 0 Å². The molecule has 2 unspecified atom stereocenters. The van der Waals surface area contributed by atoms with E-state index >= 15 is 0 Å². The Bertz CT molecular complexity index is 871. The molecule has 1 aliphatic carbocycles. The number of hydrogen-bond donors (Lipinski definition) is 1. The summed E-state index contributed by atoms with van der Waals surface area (Å²) in [4.78, 5) is 3.08. The zero-order valence-electron chi connectivity index (χ0n) is 12.5. The Balaban J connectivity index is 1.90. The van der Waals surface area contributed by atoms with E-state index in [0.717, 1.165) is 16.7 Å². The average molecular weight is 328 g/mol. The molecule has 0 radical (unpaired) electrons. The van der Waals surface area contributed by atoms with Gasteiger partial charge in [0.2, 0.25) is 10.0 Å². The summed E-state index contributed by atoms with van der Waals surface area (Å²) in [5.74, 6) is 0. The molecule has 2 atom stereocenters. The first-order valence-electron chi connectivity index (χ1n) is 7.22. The zero-order chi connectivity index (χ0) is 16.4. The minimum atomic E-state index is -3.66. The first-order chi connectivity index (χ1) is 11.0. The highest BCUT2D eigenvalue weighted by Gasteiger charge is 2.34. The largest absolute Gasteiger partial charge is 0.240 e. The van der Waals surface area contributed by atoms with E-state index in [1.54, 1.807) is 24.3 Å². The molecule has 0 saturated heterocycles. The van der Waals surface area contributed by atoms with Gasteiger partial charge in [-0.1, -0.05) is 47.1 Å². The Hall–Kier alpha value is -2.34. The average Bonchev–Trinajstić information content (AvgIpc) is 2.85. The van der Waals surface area contributed by atoms with Gasteiger partial charge in [0.25, 0.3) is 0 Å². The smallest absolute Gasteiger partial charge is 0.207 e. The Kier molecular flexibility index (Phi) is 4.09. The van der Waals surface area contributed by atoms with E-state index in [1.807, 2.05) is 31.2 Å². The molecule has 118 valence electrons. The normalized spacial score (nSPS) is 19.9. The second kappa shape index (κ2) is 6.04. The van der Waals surface area contributed by atoms with Crippen LogP contribution in [0.5, 0.6) is 0 Å². The van der Waals surface area contributed by atoms with E-state index in [0.29, 0.717) is 6.42 Å². The van der Waals surface area contributed by atoms with E-state index in [2.05, 4.69) is 14.7 Å². The fraction of sp³-hybridized carbons (Fsp3) is 0.250. The van der Waals surface area contributed by atoms with Crippen molar-refractivity contribution in [2.45, 2.75) is 30.3 Å². The highest BCUT2D eigenvalue weighted by atomic mass is 32.2. The van der Waals surface area contributed by atoms with Gasteiger partial charge >= 0.3 is 0 Å². The van der Waals surface area contributed by atoms with Crippen LogP contribution >= 0.6 is 0 Å². The first-order valence-corrected chi connectivity index (χ1v) is 8.70. The van der Waals surface area contributed by atoms with Gasteiger partial charge in [0.05, 0.1) is 10.9 Å². The van der Waals surface area contributed by atoms with E-state index < -0.39 is 22.1 Å². The molecular weight excluding hydrogens is 312 g/mol. The Morgan fingerprint density at radius 3 is 2.57 bits per heavy atom. The van der Waals surface area contributed by atoms with E-state index in [4.69, 9.17) is 5.53 Å². The third-order valence-corrected chi connectivity index (χ3v) is 5.51. The Morgan fingerprint density at radius 2 is 1.87 bits per heavy atom. The van der Waals surface area contributed by atoms with Crippen LogP contribution in [0.15, 0.2) is 58.5 Å². The lowest BCUT2D eigenvalue weighted by atomic mass is 10.1. The summed E-state index contributed by atoms with van der Waals surface area (Å²) >= 11 is 0. The second-order valence-electron chi connectivity index (χ2n) is 5.59. The summed E-state index contributed by atoms with van der Waals surface area (Å²) < 4.78 is 27.8. The minimum absolute atomic E-state index is 0.207. The summed E-state index contributed by atoms with van der Waals surface area (Å²) in [6.07, 6.45) is 0.505. The number of fused-ring (bicyclic) bond motifs is 1. The van der Waals surface area contributed by atoms with Crippen LogP contribution in [0.3, 0.4) is 0 Å². The molecule has 0 saturated carbocycles. The van der Waals surface area contributed by atoms with Crippen LogP contribution in [-0.2, 0) is 16.4 Å². The highest BCUT2D eigenvalue weighted by molar-refractivity contribution is 7.89. The first kappa shape index (κ1) is 15.6. The molecular formula is C16H16N4O2S. The maximum Gasteiger partial charge on any atom is 0.240 e. The van der Waals surface area contributed by atoms with Gasteiger partial charge < -0.3 is 0 Å². The molecule has 2 aromatic rings. The molecule has 23 heavy (non-hydrogen) atoms. The summed E-state index contributed by atoms with van der Waals surface area (Å²) in [6.45, 7) is 1.90. The third kappa shape index (κ3) is 3.07. The molecule has 1 N–H and O–H groups in total. The van der Waals surface area contributed by atoms with Crippen molar-refractivity contribution in [3.63, 3.8) is 0 Å². The number of azide groups is 1.